The van der Waals surface area contributed by atoms with Gasteiger partial charge in [0.25, 0.3) is 5.56 Å². The van der Waals surface area contributed by atoms with Crippen LogP contribution in [-0.4, -0.2) is 63.2 Å². The van der Waals surface area contributed by atoms with Gasteiger partial charge in [-0.05, 0) is 33.5 Å². The van der Waals surface area contributed by atoms with Crippen molar-refractivity contribution in [2.24, 2.45) is 0 Å². The molecule has 0 aliphatic rings. The second kappa shape index (κ2) is 9.35. The molecule has 9 heteroatoms. The number of aromatic amines is 1. The highest BCUT2D eigenvalue weighted by Crippen LogP contribution is 2.20. The first-order valence-electron chi connectivity index (χ1n) is 8.26. The number of rotatable bonds is 10. The number of hydrogen-bond acceptors (Lipinski definition) is 7. The van der Waals surface area contributed by atoms with Gasteiger partial charge in [-0.3, -0.25) is 9.69 Å². The highest BCUT2D eigenvalue weighted by Gasteiger charge is 2.14. The molecule has 0 spiro atoms. The van der Waals surface area contributed by atoms with E-state index < -0.39 is 6.41 Å². The Labute approximate surface area is 151 Å². The second-order valence-electron chi connectivity index (χ2n) is 5.84. The van der Waals surface area contributed by atoms with Crippen molar-refractivity contribution >= 4 is 22.8 Å². The van der Waals surface area contributed by atoms with E-state index in [4.69, 9.17) is 9.47 Å². The van der Waals surface area contributed by atoms with Crippen LogP contribution in [0.4, 0.5) is 0 Å². The third-order valence-corrected chi connectivity index (χ3v) is 4.53. The molecule has 8 nitrogen and oxygen atoms in total. The molecule has 2 aromatic heterocycles. The van der Waals surface area contributed by atoms with Crippen LogP contribution in [0.3, 0.4) is 0 Å². The molecule has 0 radical (unpaired) electrons. The molecule has 140 valence electrons. The summed E-state index contributed by atoms with van der Waals surface area (Å²) in [6.07, 6.45) is 0.865. The molecule has 0 saturated heterocycles. The minimum Gasteiger partial charge on any atom is -0.377 e. The van der Waals surface area contributed by atoms with Crippen molar-refractivity contribution in [3.63, 3.8) is 0 Å². The first kappa shape index (κ1) is 19.9. The van der Waals surface area contributed by atoms with Gasteiger partial charge in [0.15, 0.2) is 5.16 Å². The fourth-order valence-electron chi connectivity index (χ4n) is 2.20. The first-order valence-corrected chi connectivity index (χ1v) is 9.24. The lowest BCUT2D eigenvalue weighted by Crippen LogP contribution is -2.33. The summed E-state index contributed by atoms with van der Waals surface area (Å²) in [5.74, 6) is 0.179. The second-order valence-corrected chi connectivity index (χ2v) is 6.73. The summed E-state index contributed by atoms with van der Waals surface area (Å²) in [4.78, 5) is 20.9. The van der Waals surface area contributed by atoms with Gasteiger partial charge in [0.2, 0.25) is 6.41 Å². The summed E-state index contributed by atoms with van der Waals surface area (Å²) in [5.41, 5.74) is 0.941. The number of aliphatic hydroxyl groups excluding tert-OH is 1. The quantitative estimate of drug-likeness (QED) is 0.371. The van der Waals surface area contributed by atoms with Gasteiger partial charge < -0.3 is 24.1 Å². The van der Waals surface area contributed by atoms with E-state index in [2.05, 4.69) is 9.97 Å². The van der Waals surface area contributed by atoms with Crippen molar-refractivity contribution in [1.82, 2.24) is 19.4 Å². The van der Waals surface area contributed by atoms with E-state index in [1.165, 1.54) is 11.8 Å². The molecule has 25 heavy (non-hydrogen) atoms. The van der Waals surface area contributed by atoms with Gasteiger partial charge >= 0.3 is 0 Å². The molecule has 1 unspecified atom stereocenters. The monoisotopic (exact) mass is 370 g/mol. The Balaban J connectivity index is 2.15. The molecule has 0 fully saturated rings. The van der Waals surface area contributed by atoms with E-state index in [0.717, 1.165) is 5.52 Å². The van der Waals surface area contributed by atoms with Crippen LogP contribution >= 0.6 is 11.8 Å². The summed E-state index contributed by atoms with van der Waals surface area (Å²) in [6, 6.07) is 1.85. The van der Waals surface area contributed by atoms with Crippen LogP contribution in [0.2, 0.25) is 0 Å². The van der Waals surface area contributed by atoms with E-state index in [-0.39, 0.29) is 17.6 Å². The van der Waals surface area contributed by atoms with Crippen LogP contribution in [0.25, 0.3) is 11.0 Å². The molecule has 1 atom stereocenters. The van der Waals surface area contributed by atoms with Gasteiger partial charge in [0, 0.05) is 12.7 Å². The maximum Gasteiger partial charge on any atom is 0.297 e. The summed E-state index contributed by atoms with van der Waals surface area (Å²) >= 11 is 1.27. The molecule has 0 aliphatic carbocycles. The van der Waals surface area contributed by atoms with E-state index in [0.29, 0.717) is 30.4 Å². The van der Waals surface area contributed by atoms with Gasteiger partial charge in [0.1, 0.15) is 11.5 Å². The largest absolute Gasteiger partial charge is 0.377 e. The van der Waals surface area contributed by atoms with Crippen molar-refractivity contribution in [3.05, 3.63) is 22.6 Å². The minimum atomic E-state index is -0.988. The smallest absolute Gasteiger partial charge is 0.297 e. The third kappa shape index (κ3) is 5.29. The number of H-pyrrole nitrogens is 1. The third-order valence-electron chi connectivity index (χ3n) is 3.70. The molecule has 2 aromatic rings. The van der Waals surface area contributed by atoms with Crippen molar-refractivity contribution in [2.75, 3.05) is 26.1 Å². The van der Waals surface area contributed by atoms with Gasteiger partial charge in [0.05, 0.1) is 18.2 Å². The number of aliphatic hydroxyl groups is 1. The number of nitrogens with one attached hydrogen (secondary N) is 1. The van der Waals surface area contributed by atoms with Gasteiger partial charge in [-0.25, -0.2) is 0 Å². The molecule has 2 heterocycles. The molecule has 2 rings (SSSR count). The Morgan fingerprint density at radius 1 is 1.44 bits per heavy atom. The molecule has 2 N–H and O–H groups in total. The first-order chi connectivity index (χ1) is 11.9. The SMILES string of the molecule is CCN(C)C(O)OCSc1nc(=O)c2[nH]ccc2n1CCOC(C)C. The average Bonchev–Trinajstić information content (AvgIpc) is 3.06. The summed E-state index contributed by atoms with van der Waals surface area (Å²) in [5, 5.41) is 10.4. The van der Waals surface area contributed by atoms with Crippen LogP contribution in [-0.2, 0) is 16.0 Å². The molecule has 0 aliphatic heterocycles. The van der Waals surface area contributed by atoms with Crippen molar-refractivity contribution in [3.8, 4) is 0 Å². The highest BCUT2D eigenvalue weighted by molar-refractivity contribution is 7.99. The molecule has 0 bridgehead atoms. The fraction of sp³-hybridized carbons (Fsp3) is 0.625. The predicted molar refractivity (Wildman–Crippen MR) is 97.6 cm³/mol. The Morgan fingerprint density at radius 3 is 2.88 bits per heavy atom. The normalized spacial score (nSPS) is 13.2. The number of nitrogens with zero attached hydrogens (tertiary/aromatic N) is 3. The van der Waals surface area contributed by atoms with Crippen LogP contribution in [0, 0.1) is 0 Å². The highest BCUT2D eigenvalue weighted by atomic mass is 32.2. The van der Waals surface area contributed by atoms with Crippen LogP contribution in [0.1, 0.15) is 20.8 Å². The molecule has 0 saturated carbocycles. The Morgan fingerprint density at radius 2 is 2.20 bits per heavy atom. The zero-order valence-electron chi connectivity index (χ0n) is 15.1. The molecule has 0 aromatic carbocycles. The maximum atomic E-state index is 12.1. The number of ether oxygens (including phenoxy) is 2. The van der Waals surface area contributed by atoms with Gasteiger partial charge in [-0.15, -0.1) is 0 Å². The van der Waals surface area contributed by atoms with Crippen LogP contribution in [0.5, 0.6) is 0 Å². The van der Waals surface area contributed by atoms with Crippen LogP contribution < -0.4 is 5.56 Å². The zero-order chi connectivity index (χ0) is 18.4. The predicted octanol–water partition coefficient (Wildman–Crippen LogP) is 1.44. The Bertz CT molecular complexity index is 730. The standard InChI is InChI=1S/C16H26N4O4S/c1-5-19(4)16(22)24-10-25-15-18-14(21)13-12(6-7-17-13)20(15)8-9-23-11(2)3/h6-7,11,16-17,22H,5,8-10H2,1-4H3. The van der Waals surface area contributed by atoms with Crippen molar-refractivity contribution in [2.45, 2.75) is 45.0 Å². The van der Waals surface area contributed by atoms with E-state index >= 15 is 0 Å². The van der Waals surface area contributed by atoms with Gasteiger partial charge in [-0.2, -0.15) is 4.98 Å². The number of aromatic nitrogens is 3. The lowest BCUT2D eigenvalue weighted by atomic mass is 10.4. The minimum absolute atomic E-state index is 0.133. The van der Waals surface area contributed by atoms with E-state index in [1.807, 2.05) is 31.4 Å². The molecule has 0 amide bonds. The van der Waals surface area contributed by atoms with Crippen molar-refractivity contribution < 1.29 is 14.6 Å². The van der Waals surface area contributed by atoms with E-state index in [1.54, 1.807) is 18.1 Å². The lowest BCUT2D eigenvalue weighted by molar-refractivity contribution is -0.170. The number of hydrogen-bond donors (Lipinski definition) is 2. The molecular formula is C16H26N4O4S. The van der Waals surface area contributed by atoms with E-state index in [9.17, 15) is 9.90 Å². The Hall–Kier alpha value is -1.39. The fourth-order valence-corrected chi connectivity index (χ4v) is 2.99. The topological polar surface area (TPSA) is 92.6 Å². The number of thioether (sulfide) groups is 1. The number of fused-ring (bicyclic) bond motifs is 1. The average molecular weight is 370 g/mol. The summed E-state index contributed by atoms with van der Waals surface area (Å²) in [6.45, 7) is 7.62. The zero-order valence-corrected chi connectivity index (χ0v) is 15.9. The maximum absolute atomic E-state index is 12.1. The molecular weight excluding hydrogens is 344 g/mol. The summed E-state index contributed by atoms with van der Waals surface area (Å²) in [7, 11) is 1.76. The Kier molecular flexibility index (Phi) is 7.45. The van der Waals surface area contributed by atoms with Crippen molar-refractivity contribution in [1.29, 1.82) is 0 Å². The lowest BCUT2D eigenvalue weighted by Gasteiger charge is -2.21. The van der Waals surface area contributed by atoms with Crippen LogP contribution in [0.15, 0.2) is 22.2 Å². The summed E-state index contributed by atoms with van der Waals surface area (Å²) < 4.78 is 12.9. The van der Waals surface area contributed by atoms with Gasteiger partial charge in [-0.1, -0.05) is 18.7 Å².